The van der Waals surface area contributed by atoms with Crippen LogP contribution in [0.5, 0.6) is 0 Å². The van der Waals surface area contributed by atoms with E-state index in [1.807, 2.05) is 12.1 Å². The topological polar surface area (TPSA) is 89.4 Å². The van der Waals surface area contributed by atoms with Crippen LogP contribution < -0.4 is 5.32 Å². The second-order valence-electron chi connectivity index (χ2n) is 6.67. The number of hydrogen-bond acceptors (Lipinski definition) is 5. The van der Waals surface area contributed by atoms with Crippen LogP contribution in [0.3, 0.4) is 0 Å². The minimum absolute atomic E-state index is 0.107. The Hall–Kier alpha value is -2.90. The largest absolute Gasteiger partial charge is 0.444 e. The van der Waals surface area contributed by atoms with E-state index in [2.05, 4.69) is 15.4 Å². The van der Waals surface area contributed by atoms with Gasteiger partial charge >= 0.3 is 6.09 Å². The summed E-state index contributed by atoms with van der Waals surface area (Å²) in [6.45, 7) is 5.79. The van der Waals surface area contributed by atoms with Gasteiger partial charge in [-0.1, -0.05) is 0 Å². The molecule has 0 aliphatic rings. The highest BCUT2D eigenvalue weighted by molar-refractivity contribution is 5.93. The fraction of sp³-hybridized carbons (Fsp3) is 0.412. The zero-order valence-electron chi connectivity index (χ0n) is 14.9. The van der Waals surface area contributed by atoms with Crippen molar-refractivity contribution in [3.05, 3.63) is 42.5 Å². The van der Waals surface area contributed by atoms with Gasteiger partial charge in [0.1, 0.15) is 12.1 Å². The lowest BCUT2D eigenvalue weighted by Gasteiger charge is -2.24. The van der Waals surface area contributed by atoms with Crippen molar-refractivity contribution < 1.29 is 14.3 Å². The van der Waals surface area contributed by atoms with E-state index in [1.165, 1.54) is 11.9 Å². The van der Waals surface area contributed by atoms with Gasteiger partial charge in [0.2, 0.25) is 5.91 Å². The molecule has 0 aliphatic carbocycles. The normalized spacial score (nSPS) is 11.0. The molecule has 8 heteroatoms. The molecule has 0 unspecified atom stereocenters. The molecule has 0 saturated heterocycles. The van der Waals surface area contributed by atoms with E-state index in [4.69, 9.17) is 4.74 Å². The van der Waals surface area contributed by atoms with Crippen LogP contribution in [0.25, 0.3) is 0 Å². The number of nitrogens with zero attached hydrogens (tertiary/aromatic N) is 4. The third-order valence-corrected chi connectivity index (χ3v) is 3.10. The van der Waals surface area contributed by atoms with Crippen molar-refractivity contribution >= 4 is 17.7 Å². The number of rotatable bonds is 5. The molecule has 0 bridgehead atoms. The Bertz CT molecular complexity index is 721. The molecule has 0 aromatic carbocycles. The quantitative estimate of drug-likeness (QED) is 0.897. The van der Waals surface area contributed by atoms with Gasteiger partial charge in [-0.3, -0.25) is 14.5 Å². The molecule has 0 aliphatic heterocycles. The lowest BCUT2D eigenvalue weighted by Crippen LogP contribution is -2.38. The average molecular weight is 345 g/mol. The fourth-order valence-corrected chi connectivity index (χ4v) is 2.01. The van der Waals surface area contributed by atoms with Crippen LogP contribution in [0.15, 0.2) is 36.9 Å². The van der Waals surface area contributed by atoms with Crippen LogP contribution >= 0.6 is 0 Å². The molecule has 2 rings (SSSR count). The standard InChI is InChI=1S/C17H23N5O3/c1-17(2,3)25-16(24)21(4)12-15(23)20-14-9-19-22(11-14)10-13-5-7-18-8-6-13/h5-9,11H,10,12H2,1-4H3,(H,20,23). The number of nitrogens with one attached hydrogen (secondary N) is 1. The molecule has 1 N–H and O–H groups in total. The highest BCUT2D eigenvalue weighted by Gasteiger charge is 2.21. The van der Waals surface area contributed by atoms with E-state index in [0.717, 1.165) is 5.56 Å². The first-order chi connectivity index (χ1) is 11.7. The van der Waals surface area contributed by atoms with Crippen molar-refractivity contribution in [3.63, 3.8) is 0 Å². The van der Waals surface area contributed by atoms with E-state index in [0.29, 0.717) is 12.2 Å². The summed E-state index contributed by atoms with van der Waals surface area (Å²) in [5.41, 5.74) is 1.02. The molecule has 2 amide bonds. The Morgan fingerprint density at radius 1 is 1.28 bits per heavy atom. The third kappa shape index (κ3) is 6.25. The Balaban J connectivity index is 1.85. The van der Waals surface area contributed by atoms with Crippen LogP contribution in [-0.4, -0.2) is 50.9 Å². The second-order valence-corrected chi connectivity index (χ2v) is 6.67. The number of amides is 2. The van der Waals surface area contributed by atoms with E-state index >= 15 is 0 Å². The first kappa shape index (κ1) is 18.4. The van der Waals surface area contributed by atoms with E-state index in [1.54, 1.807) is 50.2 Å². The van der Waals surface area contributed by atoms with Gasteiger partial charge in [0.05, 0.1) is 18.4 Å². The van der Waals surface area contributed by atoms with Gasteiger partial charge in [0.25, 0.3) is 0 Å². The predicted molar refractivity (Wildman–Crippen MR) is 93.1 cm³/mol. The van der Waals surface area contributed by atoms with E-state index < -0.39 is 11.7 Å². The summed E-state index contributed by atoms with van der Waals surface area (Å²) >= 11 is 0. The molecular formula is C17H23N5O3. The molecule has 0 radical (unpaired) electrons. The van der Waals surface area contributed by atoms with Crippen molar-refractivity contribution in [1.82, 2.24) is 19.7 Å². The number of pyridine rings is 1. The van der Waals surface area contributed by atoms with Crippen molar-refractivity contribution in [2.75, 3.05) is 18.9 Å². The minimum atomic E-state index is -0.601. The minimum Gasteiger partial charge on any atom is -0.444 e. The van der Waals surface area contributed by atoms with Gasteiger partial charge in [0, 0.05) is 25.6 Å². The van der Waals surface area contributed by atoms with Gasteiger partial charge in [-0.25, -0.2) is 4.79 Å². The van der Waals surface area contributed by atoms with Gasteiger partial charge < -0.3 is 15.0 Å². The number of carbonyl (C=O) groups is 2. The summed E-state index contributed by atoms with van der Waals surface area (Å²) in [4.78, 5) is 29.1. The molecule has 25 heavy (non-hydrogen) atoms. The molecule has 2 heterocycles. The summed E-state index contributed by atoms with van der Waals surface area (Å²) in [6.07, 6.45) is 6.18. The van der Waals surface area contributed by atoms with Crippen LogP contribution in [0.2, 0.25) is 0 Å². The molecule has 0 fully saturated rings. The zero-order chi connectivity index (χ0) is 18.4. The smallest absolute Gasteiger partial charge is 0.410 e. The molecule has 2 aromatic rings. The van der Waals surface area contributed by atoms with E-state index in [-0.39, 0.29) is 12.5 Å². The Labute approximate surface area is 146 Å². The second kappa shape index (κ2) is 7.78. The summed E-state index contributed by atoms with van der Waals surface area (Å²) in [5.74, 6) is -0.322. The predicted octanol–water partition coefficient (Wildman–Crippen LogP) is 2.13. The average Bonchev–Trinajstić information content (AvgIpc) is 2.93. The summed E-state index contributed by atoms with van der Waals surface area (Å²) in [5, 5.41) is 6.92. The molecule has 134 valence electrons. The first-order valence-electron chi connectivity index (χ1n) is 7.88. The number of anilines is 1. The molecule has 0 spiro atoms. The Kier molecular flexibility index (Phi) is 5.74. The maximum absolute atomic E-state index is 12.1. The number of carbonyl (C=O) groups excluding carboxylic acids is 2. The van der Waals surface area contributed by atoms with Crippen molar-refractivity contribution in [3.8, 4) is 0 Å². The molecule has 0 atom stereocenters. The number of likely N-dealkylation sites (N-methyl/N-ethyl adjacent to an activating group) is 1. The number of hydrogen-bond donors (Lipinski definition) is 1. The molecular weight excluding hydrogens is 322 g/mol. The molecule has 0 saturated carbocycles. The third-order valence-electron chi connectivity index (χ3n) is 3.10. The number of ether oxygens (including phenoxy) is 1. The van der Waals surface area contributed by atoms with Crippen LogP contribution in [0.4, 0.5) is 10.5 Å². The van der Waals surface area contributed by atoms with Crippen molar-refractivity contribution in [2.45, 2.75) is 32.9 Å². The number of aromatic nitrogens is 3. The van der Waals surface area contributed by atoms with Crippen LogP contribution in [0, 0.1) is 0 Å². The first-order valence-corrected chi connectivity index (χ1v) is 7.88. The molecule has 2 aromatic heterocycles. The Morgan fingerprint density at radius 3 is 2.60 bits per heavy atom. The zero-order valence-corrected chi connectivity index (χ0v) is 14.9. The van der Waals surface area contributed by atoms with Crippen molar-refractivity contribution in [1.29, 1.82) is 0 Å². The Morgan fingerprint density at radius 2 is 1.96 bits per heavy atom. The highest BCUT2D eigenvalue weighted by Crippen LogP contribution is 2.10. The van der Waals surface area contributed by atoms with Crippen LogP contribution in [0.1, 0.15) is 26.3 Å². The summed E-state index contributed by atoms with van der Waals surface area (Å²) in [7, 11) is 1.51. The maximum atomic E-state index is 12.1. The van der Waals surface area contributed by atoms with Gasteiger partial charge in [-0.15, -0.1) is 0 Å². The fourth-order valence-electron chi connectivity index (χ4n) is 2.01. The van der Waals surface area contributed by atoms with E-state index in [9.17, 15) is 9.59 Å². The summed E-state index contributed by atoms with van der Waals surface area (Å²) in [6, 6.07) is 3.80. The maximum Gasteiger partial charge on any atom is 0.410 e. The molecule has 8 nitrogen and oxygen atoms in total. The highest BCUT2D eigenvalue weighted by atomic mass is 16.6. The SMILES string of the molecule is CN(CC(=O)Nc1cnn(Cc2ccncc2)c1)C(=O)OC(C)(C)C. The van der Waals surface area contributed by atoms with Gasteiger partial charge in [0.15, 0.2) is 0 Å². The summed E-state index contributed by atoms with van der Waals surface area (Å²) < 4.78 is 6.92. The van der Waals surface area contributed by atoms with Gasteiger partial charge in [-0.05, 0) is 38.5 Å². The van der Waals surface area contributed by atoms with Gasteiger partial charge in [-0.2, -0.15) is 5.10 Å². The monoisotopic (exact) mass is 345 g/mol. The lowest BCUT2D eigenvalue weighted by atomic mass is 10.2. The lowest BCUT2D eigenvalue weighted by molar-refractivity contribution is -0.117. The van der Waals surface area contributed by atoms with Crippen molar-refractivity contribution in [2.24, 2.45) is 0 Å². The van der Waals surface area contributed by atoms with Crippen LogP contribution in [-0.2, 0) is 16.1 Å².